The zero-order chi connectivity index (χ0) is 33.2. The van der Waals surface area contributed by atoms with Crippen molar-refractivity contribution in [2.75, 3.05) is 27.4 Å². The van der Waals surface area contributed by atoms with E-state index in [1.807, 2.05) is 24.3 Å². The molecule has 14 heteroatoms. The maximum absolute atomic E-state index is 12.6. The third-order valence-electron chi connectivity index (χ3n) is 6.63. The van der Waals surface area contributed by atoms with Crippen molar-refractivity contribution >= 4 is 58.3 Å². The van der Waals surface area contributed by atoms with Gasteiger partial charge in [0.25, 0.3) is 5.91 Å². The summed E-state index contributed by atoms with van der Waals surface area (Å²) in [6.45, 7) is 3.41. The van der Waals surface area contributed by atoms with Crippen LogP contribution < -0.4 is 35.0 Å². The Hall–Kier alpha value is -4.50. The van der Waals surface area contributed by atoms with Crippen molar-refractivity contribution in [1.82, 2.24) is 16.1 Å². The Bertz CT molecular complexity index is 1680. The van der Waals surface area contributed by atoms with Gasteiger partial charge in [-0.2, -0.15) is 5.10 Å². The molecular weight excluding hydrogens is 731 g/mol. The molecule has 3 aromatic carbocycles. The molecule has 4 rings (SSSR count). The van der Waals surface area contributed by atoms with Gasteiger partial charge in [-0.05, 0) is 77.9 Å². The summed E-state index contributed by atoms with van der Waals surface area (Å²) < 4.78 is 28.6. The minimum atomic E-state index is -0.780. The summed E-state index contributed by atoms with van der Waals surface area (Å²) in [5, 5.41) is 9.97. The first-order chi connectivity index (χ1) is 22.1. The lowest BCUT2D eigenvalue weighted by Crippen LogP contribution is -2.45. The molecular formula is C32H32ClIN4O8. The standard InChI is InChI=1S/C32H32ClIN4O8/c1-5-44-31(40)28-18(2)36-32(41)37-29(28)20-10-11-24(25(14-20)42-3)45-17-27(39)38-35-15-19-12-23(34)30(26(13-19)43-4)46-16-21-8-6-7-9-22(21)33/h6-15,29H,5,16-17H2,1-4H3,(H,38,39)(H2,36,37,41)/b35-15-/t29-/m1/s1. The number of methoxy groups -OCH3 is 2. The van der Waals surface area contributed by atoms with E-state index in [-0.39, 0.29) is 31.1 Å². The smallest absolute Gasteiger partial charge is 0.338 e. The first-order valence-electron chi connectivity index (χ1n) is 14.0. The van der Waals surface area contributed by atoms with Gasteiger partial charge in [0.05, 0.1) is 42.2 Å². The first kappa shape index (κ1) is 34.4. The van der Waals surface area contributed by atoms with Crippen molar-refractivity contribution in [3.8, 4) is 23.0 Å². The van der Waals surface area contributed by atoms with Gasteiger partial charge in [-0.1, -0.05) is 35.9 Å². The number of amides is 3. The molecule has 0 saturated heterocycles. The highest BCUT2D eigenvalue weighted by Crippen LogP contribution is 2.36. The maximum Gasteiger partial charge on any atom is 0.338 e. The van der Waals surface area contributed by atoms with Crippen molar-refractivity contribution in [3.63, 3.8) is 0 Å². The number of carbonyl (C=O) groups excluding carboxylic acids is 3. The van der Waals surface area contributed by atoms with Crippen LogP contribution in [0.5, 0.6) is 23.0 Å². The number of nitrogens with one attached hydrogen (secondary N) is 3. The summed E-state index contributed by atoms with van der Waals surface area (Å²) in [6.07, 6.45) is 1.47. The van der Waals surface area contributed by atoms with Gasteiger partial charge < -0.3 is 34.3 Å². The van der Waals surface area contributed by atoms with E-state index in [4.69, 9.17) is 35.3 Å². The zero-order valence-corrected chi connectivity index (χ0v) is 28.4. The van der Waals surface area contributed by atoms with Crippen LogP contribution in [0.1, 0.15) is 36.6 Å². The normalized spacial score (nSPS) is 14.3. The van der Waals surface area contributed by atoms with Crippen LogP contribution in [0.3, 0.4) is 0 Å². The largest absolute Gasteiger partial charge is 0.493 e. The predicted octanol–water partition coefficient (Wildman–Crippen LogP) is 5.26. The predicted molar refractivity (Wildman–Crippen MR) is 179 cm³/mol. The zero-order valence-electron chi connectivity index (χ0n) is 25.4. The highest BCUT2D eigenvalue weighted by molar-refractivity contribution is 14.1. The molecule has 3 amide bonds. The average molecular weight is 763 g/mol. The monoisotopic (exact) mass is 762 g/mol. The number of allylic oxidation sites excluding steroid dienone is 1. The van der Waals surface area contributed by atoms with Crippen molar-refractivity contribution in [2.45, 2.75) is 26.5 Å². The number of nitrogens with zero attached hydrogens (tertiary/aromatic N) is 1. The number of rotatable bonds is 13. The molecule has 1 aliphatic rings. The number of benzene rings is 3. The molecule has 46 heavy (non-hydrogen) atoms. The average Bonchev–Trinajstić information content (AvgIpc) is 3.03. The fourth-order valence-corrected chi connectivity index (χ4v) is 5.45. The Morgan fingerprint density at radius 1 is 1.04 bits per heavy atom. The third kappa shape index (κ3) is 8.60. The second kappa shape index (κ2) is 16.2. The maximum atomic E-state index is 12.6. The van der Waals surface area contributed by atoms with Gasteiger partial charge >= 0.3 is 12.0 Å². The van der Waals surface area contributed by atoms with Crippen molar-refractivity contribution in [3.05, 3.63) is 91.2 Å². The SMILES string of the molecule is CCOC(=O)C1=C(C)NC(=O)N[C@@H]1c1ccc(OCC(=O)N/N=C\c2cc(I)c(OCc3ccccc3Cl)c(OC)c2)c(OC)c1. The lowest BCUT2D eigenvalue weighted by Gasteiger charge is -2.28. The molecule has 1 aliphatic heterocycles. The van der Waals surface area contributed by atoms with Gasteiger partial charge in [0.15, 0.2) is 29.6 Å². The molecule has 242 valence electrons. The molecule has 0 aromatic heterocycles. The van der Waals surface area contributed by atoms with E-state index in [0.29, 0.717) is 39.1 Å². The van der Waals surface area contributed by atoms with Gasteiger partial charge in [-0.25, -0.2) is 15.0 Å². The van der Waals surface area contributed by atoms with Crippen LogP contribution in [0.15, 0.2) is 71.0 Å². The van der Waals surface area contributed by atoms with Crippen molar-refractivity contribution in [2.24, 2.45) is 5.10 Å². The van der Waals surface area contributed by atoms with Crippen LogP contribution >= 0.6 is 34.2 Å². The van der Waals surface area contributed by atoms with E-state index in [9.17, 15) is 14.4 Å². The van der Waals surface area contributed by atoms with E-state index in [0.717, 1.165) is 9.13 Å². The quantitative estimate of drug-likeness (QED) is 0.0926. The summed E-state index contributed by atoms with van der Waals surface area (Å²) in [6, 6.07) is 14.6. The number of carbonyl (C=O) groups is 3. The minimum Gasteiger partial charge on any atom is -0.493 e. The lowest BCUT2D eigenvalue weighted by atomic mass is 9.95. The molecule has 0 saturated carbocycles. The number of hydrazone groups is 1. The molecule has 0 bridgehead atoms. The minimum absolute atomic E-state index is 0.179. The van der Waals surface area contributed by atoms with Crippen LogP contribution in [0, 0.1) is 3.57 Å². The van der Waals surface area contributed by atoms with E-state index in [1.165, 1.54) is 20.4 Å². The van der Waals surface area contributed by atoms with E-state index in [1.54, 1.807) is 44.2 Å². The molecule has 0 aliphatic carbocycles. The second-order valence-corrected chi connectivity index (χ2v) is 11.3. The highest BCUT2D eigenvalue weighted by Gasteiger charge is 2.32. The van der Waals surface area contributed by atoms with Gasteiger partial charge in [-0.3, -0.25) is 4.79 Å². The summed E-state index contributed by atoms with van der Waals surface area (Å²) in [5.41, 5.74) is 5.15. The lowest BCUT2D eigenvalue weighted by molar-refractivity contribution is -0.139. The Balaban J connectivity index is 1.38. The molecule has 1 heterocycles. The Labute approximate surface area is 284 Å². The number of urea groups is 1. The van der Waals surface area contributed by atoms with Crippen LogP contribution in [-0.2, 0) is 20.9 Å². The highest BCUT2D eigenvalue weighted by atomic mass is 127. The van der Waals surface area contributed by atoms with Gasteiger partial charge in [0.2, 0.25) is 0 Å². The van der Waals surface area contributed by atoms with Gasteiger partial charge in [-0.15, -0.1) is 0 Å². The van der Waals surface area contributed by atoms with Crippen LogP contribution in [0.4, 0.5) is 4.79 Å². The van der Waals surface area contributed by atoms with E-state index >= 15 is 0 Å². The summed E-state index contributed by atoms with van der Waals surface area (Å²) in [7, 11) is 2.97. The number of hydrogen-bond acceptors (Lipinski definition) is 9. The van der Waals surface area contributed by atoms with Crippen molar-refractivity contribution < 1.29 is 38.1 Å². The van der Waals surface area contributed by atoms with E-state index in [2.05, 4.69) is 43.8 Å². The Kier molecular flexibility index (Phi) is 12.1. The molecule has 1 atom stereocenters. The molecule has 0 spiro atoms. The molecule has 3 N–H and O–H groups in total. The molecule has 12 nitrogen and oxygen atoms in total. The summed E-state index contributed by atoms with van der Waals surface area (Å²) >= 11 is 8.38. The molecule has 3 aromatic rings. The van der Waals surface area contributed by atoms with E-state index < -0.39 is 23.9 Å². The number of esters is 1. The van der Waals surface area contributed by atoms with Crippen LogP contribution in [-0.4, -0.2) is 51.6 Å². The second-order valence-electron chi connectivity index (χ2n) is 9.70. The summed E-state index contributed by atoms with van der Waals surface area (Å²) in [4.78, 5) is 37.3. The molecule has 0 radical (unpaired) electrons. The fourth-order valence-electron chi connectivity index (χ4n) is 4.48. The fraction of sp³-hybridized carbons (Fsp3) is 0.250. The van der Waals surface area contributed by atoms with Gasteiger partial charge in [0.1, 0.15) is 6.61 Å². The molecule has 0 unspecified atom stereocenters. The van der Waals surface area contributed by atoms with Crippen LogP contribution in [0.25, 0.3) is 0 Å². The van der Waals surface area contributed by atoms with Gasteiger partial charge in [0, 0.05) is 16.3 Å². The van der Waals surface area contributed by atoms with Crippen LogP contribution in [0.2, 0.25) is 5.02 Å². The topological polar surface area (TPSA) is 146 Å². The van der Waals surface area contributed by atoms with Crippen molar-refractivity contribution in [1.29, 1.82) is 0 Å². The number of hydrogen-bond donors (Lipinski definition) is 3. The third-order valence-corrected chi connectivity index (χ3v) is 7.80. The Morgan fingerprint density at radius 3 is 2.52 bits per heavy atom. The number of ether oxygens (including phenoxy) is 5. The molecule has 0 fully saturated rings. The summed E-state index contributed by atoms with van der Waals surface area (Å²) in [5.74, 6) is 0.548. The first-order valence-corrected chi connectivity index (χ1v) is 15.4. The number of halogens is 2. The Morgan fingerprint density at radius 2 is 1.80 bits per heavy atom.